The average Bonchev–Trinajstić information content (AvgIpc) is 2.56. The first-order chi connectivity index (χ1) is 11.0. The fraction of sp³-hybridized carbons (Fsp3) is 0.105. The Kier molecular flexibility index (Phi) is 5.01. The fourth-order valence-electron chi connectivity index (χ4n) is 2.30. The first-order valence-corrected chi connectivity index (χ1v) is 7.38. The average molecular weight is 318 g/mol. The molecule has 4 heteroatoms. The number of rotatable bonds is 3. The third kappa shape index (κ3) is 3.69. The highest BCUT2D eigenvalue weighted by atomic mass is 32.1. The first kappa shape index (κ1) is 16.5. The van der Waals surface area contributed by atoms with Gasteiger partial charge < -0.3 is 0 Å². The smallest absolute Gasteiger partial charge is 0.212 e. The van der Waals surface area contributed by atoms with Crippen LogP contribution in [0.1, 0.15) is 29.2 Å². The van der Waals surface area contributed by atoms with Crippen LogP contribution in [0.4, 0.5) is 0 Å². The number of hydrogen-bond acceptors (Lipinski definition) is 3. The Labute approximate surface area is 140 Å². The SMILES string of the molecule is C/C(=C\c1cc(C#N)cc(-c2cccc(C#N)c2)c1C)C(=O)S. The van der Waals surface area contributed by atoms with E-state index in [-0.39, 0.29) is 5.12 Å². The van der Waals surface area contributed by atoms with E-state index in [1.807, 2.05) is 19.1 Å². The minimum Gasteiger partial charge on any atom is -0.282 e. The molecule has 0 radical (unpaired) electrons. The standard InChI is InChI=1S/C19H14N2OS/c1-12(19(22)23)6-17-8-15(11-21)9-18(13(17)2)16-5-3-4-14(7-16)10-20/h3-9H,1-2H3,(H,22,23)/b12-6+. The molecular formula is C19H14N2OS. The molecule has 0 aliphatic rings. The van der Waals surface area contributed by atoms with E-state index in [1.165, 1.54) is 0 Å². The van der Waals surface area contributed by atoms with Crippen molar-refractivity contribution in [2.45, 2.75) is 13.8 Å². The van der Waals surface area contributed by atoms with E-state index in [2.05, 4.69) is 24.8 Å². The lowest BCUT2D eigenvalue weighted by Crippen LogP contribution is -1.94. The van der Waals surface area contributed by atoms with Gasteiger partial charge in [-0.15, -0.1) is 12.6 Å². The summed E-state index contributed by atoms with van der Waals surface area (Å²) in [6, 6.07) is 15.0. The van der Waals surface area contributed by atoms with Gasteiger partial charge in [0.25, 0.3) is 0 Å². The van der Waals surface area contributed by atoms with E-state index >= 15 is 0 Å². The molecule has 0 saturated heterocycles. The highest BCUT2D eigenvalue weighted by molar-refractivity contribution is 7.97. The van der Waals surface area contributed by atoms with Crippen molar-refractivity contribution in [3.8, 4) is 23.3 Å². The third-order valence-electron chi connectivity index (χ3n) is 3.59. The topological polar surface area (TPSA) is 64.7 Å². The lowest BCUT2D eigenvalue weighted by atomic mass is 9.92. The first-order valence-electron chi connectivity index (χ1n) is 6.93. The minimum absolute atomic E-state index is 0.306. The molecule has 0 amide bonds. The molecule has 3 nitrogen and oxygen atoms in total. The zero-order valence-corrected chi connectivity index (χ0v) is 13.7. The van der Waals surface area contributed by atoms with E-state index in [0.717, 1.165) is 22.3 Å². The van der Waals surface area contributed by atoms with Gasteiger partial charge in [0.05, 0.1) is 23.3 Å². The number of hydrogen-bond donors (Lipinski definition) is 1. The quantitative estimate of drug-likeness (QED) is 0.679. The van der Waals surface area contributed by atoms with Gasteiger partial charge in [-0.25, -0.2) is 0 Å². The lowest BCUT2D eigenvalue weighted by molar-refractivity contribution is -0.107. The Morgan fingerprint density at radius 2 is 1.83 bits per heavy atom. The maximum Gasteiger partial charge on any atom is 0.212 e. The fourth-order valence-corrected chi connectivity index (χ4v) is 2.37. The number of nitrogens with zero attached hydrogens (tertiary/aromatic N) is 2. The Bertz CT molecular complexity index is 899. The Hall–Kier alpha value is -2.82. The predicted molar refractivity (Wildman–Crippen MR) is 93.7 cm³/mol. The third-order valence-corrected chi connectivity index (χ3v) is 3.94. The Balaban J connectivity index is 2.70. The van der Waals surface area contributed by atoms with E-state index in [0.29, 0.717) is 16.7 Å². The summed E-state index contributed by atoms with van der Waals surface area (Å²) < 4.78 is 0. The summed E-state index contributed by atoms with van der Waals surface area (Å²) in [7, 11) is 0. The number of carbonyl (C=O) groups excluding carboxylic acids is 1. The molecule has 0 aliphatic heterocycles. The van der Waals surface area contributed by atoms with Gasteiger partial charge in [-0.05, 0) is 66.4 Å². The number of carbonyl (C=O) groups is 1. The zero-order chi connectivity index (χ0) is 17.0. The summed E-state index contributed by atoms with van der Waals surface area (Å²) in [4.78, 5) is 11.3. The van der Waals surface area contributed by atoms with Crippen LogP contribution in [0.5, 0.6) is 0 Å². The van der Waals surface area contributed by atoms with Gasteiger partial charge in [0.1, 0.15) is 0 Å². The molecule has 0 heterocycles. The van der Waals surface area contributed by atoms with E-state index in [9.17, 15) is 10.1 Å². The summed E-state index contributed by atoms with van der Waals surface area (Å²) >= 11 is 3.82. The maximum atomic E-state index is 11.3. The summed E-state index contributed by atoms with van der Waals surface area (Å²) in [5.74, 6) is 0. The largest absolute Gasteiger partial charge is 0.282 e. The van der Waals surface area contributed by atoms with Gasteiger partial charge in [-0.3, -0.25) is 4.79 Å². The highest BCUT2D eigenvalue weighted by Crippen LogP contribution is 2.29. The molecule has 0 aromatic heterocycles. The molecule has 0 bridgehead atoms. The Morgan fingerprint density at radius 3 is 2.43 bits per heavy atom. The molecule has 0 N–H and O–H groups in total. The summed E-state index contributed by atoms with van der Waals surface area (Å²) in [6.07, 6.45) is 1.73. The Morgan fingerprint density at radius 1 is 1.13 bits per heavy atom. The second-order valence-electron chi connectivity index (χ2n) is 5.17. The zero-order valence-electron chi connectivity index (χ0n) is 12.8. The summed E-state index contributed by atoms with van der Waals surface area (Å²) in [5, 5.41) is 18.0. The van der Waals surface area contributed by atoms with Crippen LogP contribution in [0.15, 0.2) is 42.0 Å². The van der Waals surface area contributed by atoms with E-state index in [1.54, 1.807) is 37.3 Å². The molecule has 112 valence electrons. The van der Waals surface area contributed by atoms with Gasteiger partial charge in [0.2, 0.25) is 5.12 Å². The molecule has 0 spiro atoms. The normalized spacial score (nSPS) is 10.7. The van der Waals surface area contributed by atoms with Gasteiger partial charge in [0, 0.05) is 5.57 Å². The van der Waals surface area contributed by atoms with Crippen LogP contribution in [0.3, 0.4) is 0 Å². The summed E-state index contributed by atoms with van der Waals surface area (Å²) in [6.45, 7) is 3.61. The summed E-state index contributed by atoms with van der Waals surface area (Å²) in [5.41, 5.74) is 5.02. The highest BCUT2D eigenvalue weighted by Gasteiger charge is 2.10. The predicted octanol–water partition coefficient (Wildman–Crippen LogP) is 4.27. The molecule has 0 saturated carbocycles. The van der Waals surface area contributed by atoms with Gasteiger partial charge in [-0.2, -0.15) is 10.5 Å². The number of thiol groups is 1. The van der Waals surface area contributed by atoms with Crippen molar-refractivity contribution in [1.82, 2.24) is 0 Å². The number of benzene rings is 2. The van der Waals surface area contributed by atoms with E-state index in [4.69, 9.17) is 5.26 Å². The molecule has 2 aromatic rings. The van der Waals surface area contributed by atoms with Crippen LogP contribution in [-0.2, 0) is 4.79 Å². The van der Waals surface area contributed by atoms with Crippen LogP contribution >= 0.6 is 12.6 Å². The van der Waals surface area contributed by atoms with Gasteiger partial charge >= 0.3 is 0 Å². The van der Waals surface area contributed by atoms with Crippen molar-refractivity contribution in [3.63, 3.8) is 0 Å². The van der Waals surface area contributed by atoms with Crippen LogP contribution in [0, 0.1) is 29.6 Å². The molecule has 0 aliphatic carbocycles. The second-order valence-corrected chi connectivity index (χ2v) is 5.58. The number of nitriles is 2. The van der Waals surface area contributed by atoms with Crippen molar-refractivity contribution < 1.29 is 4.79 Å². The lowest BCUT2D eigenvalue weighted by Gasteiger charge is -2.11. The van der Waals surface area contributed by atoms with Crippen molar-refractivity contribution in [2.75, 3.05) is 0 Å². The van der Waals surface area contributed by atoms with Crippen LogP contribution in [0.25, 0.3) is 17.2 Å². The molecule has 0 unspecified atom stereocenters. The minimum atomic E-state index is -0.306. The van der Waals surface area contributed by atoms with Crippen molar-refractivity contribution in [2.24, 2.45) is 0 Å². The van der Waals surface area contributed by atoms with Crippen LogP contribution in [0.2, 0.25) is 0 Å². The van der Waals surface area contributed by atoms with E-state index < -0.39 is 0 Å². The molecule has 2 rings (SSSR count). The van der Waals surface area contributed by atoms with Crippen LogP contribution < -0.4 is 0 Å². The monoisotopic (exact) mass is 318 g/mol. The molecular weight excluding hydrogens is 304 g/mol. The van der Waals surface area contributed by atoms with Crippen molar-refractivity contribution >= 4 is 23.8 Å². The molecule has 2 aromatic carbocycles. The van der Waals surface area contributed by atoms with Gasteiger partial charge in [0.15, 0.2) is 0 Å². The van der Waals surface area contributed by atoms with Gasteiger partial charge in [-0.1, -0.05) is 12.1 Å². The van der Waals surface area contributed by atoms with Crippen molar-refractivity contribution in [1.29, 1.82) is 10.5 Å². The molecule has 23 heavy (non-hydrogen) atoms. The van der Waals surface area contributed by atoms with Crippen LogP contribution in [-0.4, -0.2) is 5.12 Å². The second kappa shape index (κ2) is 6.96. The maximum absolute atomic E-state index is 11.3. The van der Waals surface area contributed by atoms with Crippen molar-refractivity contribution in [3.05, 3.63) is 64.2 Å². The molecule has 0 atom stereocenters. The molecule has 0 fully saturated rings.